The molecule has 6 aromatic carbocycles. The van der Waals surface area contributed by atoms with Gasteiger partial charge in [-0.3, -0.25) is 18.6 Å². The fraction of sp³-hybridized carbons (Fsp3) is 0.373. The molecule has 0 radical (unpaired) electrons. The van der Waals surface area contributed by atoms with Crippen LogP contribution in [0.15, 0.2) is 127 Å². The van der Waals surface area contributed by atoms with E-state index in [0.717, 1.165) is 105 Å². The van der Waals surface area contributed by atoms with Gasteiger partial charge in [-0.05, 0) is 200 Å². The molecule has 0 amide bonds. The van der Waals surface area contributed by atoms with Gasteiger partial charge in [0.05, 0.1) is 56.6 Å². The fourth-order valence-electron chi connectivity index (χ4n) is 10.1. The minimum absolute atomic E-state index is 0. The molecular formula is C67H81F6N5NaO10P3S3. The molecule has 5 unspecified atom stereocenters. The van der Waals surface area contributed by atoms with Crippen molar-refractivity contribution in [2.75, 3.05) is 80.9 Å². The van der Waals surface area contributed by atoms with Crippen molar-refractivity contribution in [3.05, 3.63) is 226 Å². The third-order valence-corrected chi connectivity index (χ3v) is 25.9. The van der Waals surface area contributed by atoms with Crippen molar-refractivity contribution in [1.82, 2.24) is 9.80 Å². The second-order valence-electron chi connectivity index (χ2n) is 21.7. The number of fused-ring (bicyclic) bond motifs is 3. The number of aliphatic hydroxyl groups excluding tert-OH is 1. The van der Waals surface area contributed by atoms with Gasteiger partial charge in [-0.15, -0.1) is 34.0 Å². The van der Waals surface area contributed by atoms with E-state index in [1.54, 1.807) is 39.0 Å². The van der Waals surface area contributed by atoms with Gasteiger partial charge in [0.15, 0.2) is 34.9 Å². The predicted octanol–water partition coefficient (Wildman–Crippen LogP) is 17.0. The summed E-state index contributed by atoms with van der Waals surface area (Å²) in [6.45, 7) is 15.4. The minimum Gasteiger partial charge on any atom is -0.395 e. The van der Waals surface area contributed by atoms with Gasteiger partial charge in [-0.25, -0.2) is 26.3 Å². The van der Waals surface area contributed by atoms with E-state index in [-0.39, 0.29) is 88.5 Å². The Labute approximate surface area is 586 Å². The monoisotopic (exact) mass is 1440 g/mol. The third-order valence-electron chi connectivity index (χ3n) is 14.5. The number of halogens is 6. The van der Waals surface area contributed by atoms with Gasteiger partial charge >= 0.3 is 52.3 Å². The Bertz CT molecular complexity index is 4090. The quantitative estimate of drug-likeness (QED) is 0.0130. The summed E-state index contributed by atoms with van der Waals surface area (Å²) in [5, 5.41) is 11.4. The number of aliphatic hydroxyl groups is 1. The molecule has 510 valence electrons. The number of rotatable bonds is 26. The molecule has 28 heteroatoms. The van der Waals surface area contributed by atoms with Crippen molar-refractivity contribution in [1.29, 1.82) is 0 Å². The predicted molar refractivity (Wildman–Crippen MR) is 370 cm³/mol. The van der Waals surface area contributed by atoms with E-state index in [9.17, 15) is 44.9 Å². The number of nitrogens with zero attached hydrogens (tertiary/aromatic N) is 5. The van der Waals surface area contributed by atoms with Crippen LogP contribution in [0.3, 0.4) is 0 Å². The molecule has 0 aliphatic heterocycles. The molecule has 2 N–H and O–H groups in total. The Hall–Kier alpha value is -4.58. The number of benzene rings is 6. The summed E-state index contributed by atoms with van der Waals surface area (Å²) in [5.41, 5.74) is 15.9. The van der Waals surface area contributed by atoms with Crippen LogP contribution in [-0.4, -0.2) is 101 Å². The molecule has 3 heterocycles. The third kappa shape index (κ3) is 23.3. The molecular weight excluding hydrogens is 1360 g/mol. The van der Waals surface area contributed by atoms with E-state index >= 15 is 0 Å². The normalized spacial score (nSPS) is 13.6. The molecule has 0 fully saturated rings. The maximum atomic E-state index is 14.1. The van der Waals surface area contributed by atoms with Gasteiger partial charge < -0.3 is 53.5 Å². The summed E-state index contributed by atoms with van der Waals surface area (Å²) in [7, 11) is -3.48. The van der Waals surface area contributed by atoms with Crippen molar-refractivity contribution < 1.29 is 102 Å². The summed E-state index contributed by atoms with van der Waals surface area (Å²) < 4.78 is 153. The Morgan fingerprint density at radius 3 is 1.03 bits per heavy atom. The SMILES string of the molecule is CCOP(=O)(O)C(Cc1ccc(F)c(F)c1)c1sc2ccccc2c1C.CCOP(=O)(OCC)C(Cc1ccc(F)c(F)c1)c1sc2ccccc2c1C.CCOP(=O)(OCCN(C)C)C(Cc1ccc(F)c(F)c1)c1sc2ccccc2c1C.CN(C)CCO.[N-]=[N+]=[N-].[Na+]. The van der Waals surface area contributed by atoms with Crippen LogP contribution in [0.1, 0.15) is 92.7 Å². The molecule has 0 spiro atoms. The molecule has 0 saturated heterocycles. The van der Waals surface area contributed by atoms with Gasteiger partial charge in [0.1, 0.15) is 0 Å². The second-order valence-corrected chi connectivity index (χ2v) is 31.4. The number of aryl methyl sites for hydroxylation is 3. The van der Waals surface area contributed by atoms with Crippen LogP contribution >= 0.6 is 56.8 Å². The summed E-state index contributed by atoms with van der Waals surface area (Å²) in [5.74, 6) is -5.58. The number of hydrogen-bond donors (Lipinski definition) is 2. The molecule has 95 heavy (non-hydrogen) atoms. The average molecular weight is 1440 g/mol. The fourth-order valence-corrected chi connectivity index (χ4v) is 20.9. The van der Waals surface area contributed by atoms with Gasteiger partial charge in [-0.2, -0.15) is 0 Å². The van der Waals surface area contributed by atoms with Crippen molar-refractivity contribution in [2.45, 2.75) is 84.7 Å². The molecule has 9 aromatic rings. The van der Waals surface area contributed by atoms with Gasteiger partial charge in [0.2, 0.25) is 0 Å². The van der Waals surface area contributed by atoms with Crippen molar-refractivity contribution in [2.24, 2.45) is 0 Å². The maximum absolute atomic E-state index is 14.1. The summed E-state index contributed by atoms with van der Waals surface area (Å²) in [6.07, 6.45) is 0.519. The molecule has 0 aliphatic carbocycles. The molecule has 5 atom stereocenters. The number of hydrogen-bond acceptors (Lipinski definition) is 14. The summed E-state index contributed by atoms with van der Waals surface area (Å²) in [4.78, 5) is 18.4. The molecule has 0 bridgehead atoms. The number of likely N-dealkylation sites (N-methyl/N-ethyl adjacent to an activating group) is 2. The van der Waals surface area contributed by atoms with Crippen LogP contribution in [0.2, 0.25) is 0 Å². The molecule has 15 nitrogen and oxygen atoms in total. The van der Waals surface area contributed by atoms with E-state index < -0.39 is 74.7 Å². The average Bonchev–Trinajstić information content (AvgIpc) is 1.67. The Morgan fingerprint density at radius 2 is 0.758 bits per heavy atom. The van der Waals surface area contributed by atoms with E-state index in [0.29, 0.717) is 23.2 Å². The van der Waals surface area contributed by atoms with Crippen LogP contribution in [0.5, 0.6) is 0 Å². The number of thiophene rings is 3. The molecule has 3 aromatic heterocycles. The Kier molecular flexibility index (Phi) is 34.8. The van der Waals surface area contributed by atoms with Crippen molar-refractivity contribution in [3.63, 3.8) is 0 Å². The first-order chi connectivity index (χ1) is 44.7. The van der Waals surface area contributed by atoms with Gasteiger partial charge in [-0.1, -0.05) is 72.8 Å². The van der Waals surface area contributed by atoms with Crippen LogP contribution in [0.25, 0.3) is 46.2 Å². The largest absolute Gasteiger partial charge is 1.00 e. The molecule has 0 aliphatic rings. The Balaban J connectivity index is 0.000000284. The first kappa shape index (κ1) is 82.8. The standard InChI is InChI=1S/C23H28F2NO3PS.C21H23F2O3PS.C19H19F2O3PS.C4H11NO.N3.Na/c1-5-28-30(27,29-13-12-26(3)4)21(15-17-10-11-19(24)20(25)14-17)23-16(2)18-8-6-7-9-22(18)31-23;1-4-25-27(24,26-5-2)19(13-15-10-11-17(22)18(23)12-15)21-14(3)16-8-6-7-9-20(16)28-21;1-3-24-25(22,23)17(11-13-8-9-15(20)16(21)10-13)19-12(2)14-6-4-5-7-18(14)26-19;1-5(2)3-4-6;1-3-2;/h6-11,14,21H,5,12-13,15H2,1-4H3;6-12,19H,4-5,13H2,1-3H3;4-10,17H,3,11H2,1-2H3,(H,22,23);6H,3-4H2,1-2H3;;/q;;;;-1;+1. The van der Waals surface area contributed by atoms with E-state index in [1.807, 2.05) is 132 Å². The Morgan fingerprint density at radius 1 is 0.463 bits per heavy atom. The smallest absolute Gasteiger partial charge is 0.395 e. The van der Waals surface area contributed by atoms with E-state index in [2.05, 4.69) is 0 Å². The van der Waals surface area contributed by atoms with Gasteiger partial charge in [0.25, 0.3) is 0 Å². The zero-order valence-corrected chi connectivity index (χ0v) is 62.5. The first-order valence-electron chi connectivity index (χ1n) is 30.1. The van der Waals surface area contributed by atoms with Crippen LogP contribution in [0.4, 0.5) is 26.3 Å². The van der Waals surface area contributed by atoms with E-state index in [1.165, 1.54) is 45.8 Å². The van der Waals surface area contributed by atoms with Crippen molar-refractivity contribution in [3.8, 4) is 0 Å². The molecule has 9 rings (SSSR count). The summed E-state index contributed by atoms with van der Waals surface area (Å²) in [6, 6.07) is 34.7. The van der Waals surface area contributed by atoms with Gasteiger partial charge in [0, 0.05) is 41.8 Å². The van der Waals surface area contributed by atoms with Crippen LogP contribution in [0, 0.1) is 55.7 Å². The van der Waals surface area contributed by atoms with Crippen LogP contribution in [-0.2, 0) is 55.6 Å². The van der Waals surface area contributed by atoms with E-state index in [4.69, 9.17) is 38.8 Å². The zero-order valence-electron chi connectivity index (χ0n) is 55.4. The first-order valence-corrected chi connectivity index (χ1v) is 37.4. The minimum atomic E-state index is -4.00. The zero-order chi connectivity index (χ0) is 69.5. The molecule has 0 saturated carbocycles. The van der Waals surface area contributed by atoms with Crippen molar-refractivity contribution >= 4 is 87.1 Å². The second kappa shape index (κ2) is 39.9. The topological polar surface area (TPSA) is 203 Å². The summed E-state index contributed by atoms with van der Waals surface area (Å²) >= 11 is 4.51. The maximum Gasteiger partial charge on any atom is 1.00 e. The van der Waals surface area contributed by atoms with Crippen LogP contribution < -0.4 is 29.6 Å².